The van der Waals surface area contributed by atoms with Gasteiger partial charge in [-0.25, -0.2) is 4.39 Å². The molecule has 1 aliphatic rings. The van der Waals surface area contributed by atoms with Crippen molar-refractivity contribution >= 4 is 0 Å². The van der Waals surface area contributed by atoms with Crippen molar-refractivity contribution in [2.75, 3.05) is 13.6 Å². The lowest BCUT2D eigenvalue weighted by molar-refractivity contribution is -0.243. The highest BCUT2D eigenvalue weighted by molar-refractivity contribution is 4.93. The Balaban J connectivity index is 2.62. The summed E-state index contributed by atoms with van der Waals surface area (Å²) < 4.78 is 50.5. The van der Waals surface area contributed by atoms with Gasteiger partial charge < -0.3 is 5.32 Å². The first-order chi connectivity index (χ1) is 6.39. The maximum absolute atomic E-state index is 13.5. The van der Waals surface area contributed by atoms with Crippen LogP contribution in [0.3, 0.4) is 0 Å². The fourth-order valence-corrected chi connectivity index (χ4v) is 2.05. The number of nitrogens with one attached hydrogen (secondary N) is 1. The van der Waals surface area contributed by atoms with Crippen LogP contribution in [0.15, 0.2) is 0 Å². The fraction of sp³-hybridized carbons (Fsp3) is 1.00. The van der Waals surface area contributed by atoms with E-state index in [2.05, 4.69) is 5.32 Å². The Morgan fingerprint density at radius 3 is 2.57 bits per heavy atom. The van der Waals surface area contributed by atoms with Crippen LogP contribution in [0.5, 0.6) is 0 Å². The lowest BCUT2D eigenvalue weighted by atomic mass is 9.79. The first-order valence-electron chi connectivity index (χ1n) is 4.79. The van der Waals surface area contributed by atoms with Gasteiger partial charge in [0.05, 0.1) is 0 Å². The zero-order valence-electron chi connectivity index (χ0n) is 8.12. The number of hydrogen-bond acceptors (Lipinski definition) is 1. The first-order valence-corrected chi connectivity index (χ1v) is 4.79. The predicted octanol–water partition coefficient (Wildman–Crippen LogP) is 2.67. The van der Waals surface area contributed by atoms with Gasteiger partial charge in [-0.1, -0.05) is 0 Å². The van der Waals surface area contributed by atoms with E-state index in [0.29, 0.717) is 19.4 Å². The molecule has 84 valence electrons. The molecule has 0 bridgehead atoms. The van der Waals surface area contributed by atoms with E-state index in [9.17, 15) is 17.6 Å². The standard InChI is InChI=1S/C9H15F4N/c1-14-6-7-3-2-4-8(10,5-7)9(11,12)13/h7,14H,2-6H2,1H3. The van der Waals surface area contributed by atoms with Crippen LogP contribution in [0.2, 0.25) is 0 Å². The van der Waals surface area contributed by atoms with Gasteiger partial charge in [0.1, 0.15) is 0 Å². The molecular weight excluding hydrogens is 198 g/mol. The normalized spacial score (nSPS) is 34.5. The predicted molar refractivity (Wildman–Crippen MR) is 45.8 cm³/mol. The molecule has 0 saturated heterocycles. The molecule has 2 unspecified atom stereocenters. The van der Waals surface area contributed by atoms with Crippen LogP contribution in [0.1, 0.15) is 25.7 Å². The molecule has 1 aliphatic carbocycles. The zero-order chi connectivity index (χ0) is 10.8. The number of alkyl halides is 4. The third-order valence-electron chi connectivity index (χ3n) is 2.80. The Morgan fingerprint density at radius 2 is 2.07 bits per heavy atom. The van der Waals surface area contributed by atoms with Gasteiger partial charge in [-0.05, 0) is 45.2 Å². The van der Waals surface area contributed by atoms with Crippen LogP contribution in [-0.2, 0) is 0 Å². The van der Waals surface area contributed by atoms with Crippen molar-refractivity contribution in [1.29, 1.82) is 0 Å². The average Bonchev–Trinajstić information content (AvgIpc) is 2.03. The highest BCUT2D eigenvalue weighted by Crippen LogP contribution is 2.46. The van der Waals surface area contributed by atoms with Gasteiger partial charge in [0, 0.05) is 0 Å². The molecule has 0 spiro atoms. The second-order valence-corrected chi connectivity index (χ2v) is 3.98. The van der Waals surface area contributed by atoms with Gasteiger partial charge in [0.15, 0.2) is 0 Å². The molecule has 0 aromatic carbocycles. The van der Waals surface area contributed by atoms with Gasteiger partial charge in [-0.2, -0.15) is 13.2 Å². The van der Waals surface area contributed by atoms with E-state index in [1.807, 2.05) is 0 Å². The molecule has 1 N–H and O–H groups in total. The van der Waals surface area contributed by atoms with E-state index < -0.39 is 18.3 Å². The topological polar surface area (TPSA) is 12.0 Å². The summed E-state index contributed by atoms with van der Waals surface area (Å²) in [7, 11) is 1.67. The monoisotopic (exact) mass is 213 g/mol. The van der Waals surface area contributed by atoms with E-state index in [1.54, 1.807) is 7.05 Å². The molecule has 5 heteroatoms. The van der Waals surface area contributed by atoms with Gasteiger partial charge in [0.2, 0.25) is 5.67 Å². The Labute approximate surface area is 80.9 Å². The van der Waals surface area contributed by atoms with E-state index in [4.69, 9.17) is 0 Å². The summed E-state index contributed by atoms with van der Waals surface area (Å²) in [5.41, 5.74) is -2.95. The summed E-state index contributed by atoms with van der Waals surface area (Å²) in [6, 6.07) is 0. The molecule has 0 amide bonds. The van der Waals surface area contributed by atoms with Crippen molar-refractivity contribution < 1.29 is 17.6 Å². The van der Waals surface area contributed by atoms with Gasteiger partial charge in [0.25, 0.3) is 0 Å². The third kappa shape index (κ3) is 2.38. The van der Waals surface area contributed by atoms with Crippen LogP contribution in [0.4, 0.5) is 17.6 Å². The Morgan fingerprint density at radius 1 is 1.43 bits per heavy atom. The largest absolute Gasteiger partial charge is 0.422 e. The van der Waals surface area contributed by atoms with Crippen molar-refractivity contribution in [2.24, 2.45) is 5.92 Å². The molecule has 1 fully saturated rings. The summed E-state index contributed by atoms with van der Waals surface area (Å²) in [5, 5.41) is 2.79. The Kier molecular flexibility index (Phi) is 3.40. The fourth-order valence-electron chi connectivity index (χ4n) is 2.05. The summed E-state index contributed by atoms with van der Waals surface area (Å²) in [4.78, 5) is 0. The number of halogens is 4. The maximum Gasteiger partial charge on any atom is 0.422 e. The lowest BCUT2D eigenvalue weighted by Crippen LogP contribution is -2.46. The molecule has 1 rings (SSSR count). The zero-order valence-corrected chi connectivity index (χ0v) is 8.12. The van der Waals surface area contributed by atoms with Crippen LogP contribution in [-0.4, -0.2) is 25.4 Å². The quantitative estimate of drug-likeness (QED) is 0.695. The third-order valence-corrected chi connectivity index (χ3v) is 2.80. The molecule has 0 aromatic rings. The van der Waals surface area contributed by atoms with Gasteiger partial charge in [-0.15, -0.1) is 0 Å². The summed E-state index contributed by atoms with van der Waals surface area (Å²) >= 11 is 0. The molecule has 0 aliphatic heterocycles. The second kappa shape index (κ2) is 4.04. The Bertz CT molecular complexity index is 190. The summed E-state index contributed by atoms with van der Waals surface area (Å²) in [5.74, 6) is -0.194. The molecule has 0 aromatic heterocycles. The minimum atomic E-state index is -4.71. The molecule has 0 heterocycles. The highest BCUT2D eigenvalue weighted by Gasteiger charge is 2.57. The van der Waals surface area contributed by atoms with Crippen LogP contribution < -0.4 is 5.32 Å². The van der Waals surface area contributed by atoms with E-state index in [0.717, 1.165) is 0 Å². The number of hydrogen-bond donors (Lipinski definition) is 1. The molecule has 2 atom stereocenters. The van der Waals surface area contributed by atoms with Crippen molar-refractivity contribution in [2.45, 2.75) is 37.5 Å². The first kappa shape index (κ1) is 11.8. The average molecular weight is 213 g/mol. The van der Waals surface area contributed by atoms with E-state index in [1.165, 1.54) is 0 Å². The minimum Gasteiger partial charge on any atom is -0.319 e. The van der Waals surface area contributed by atoms with Crippen LogP contribution in [0.25, 0.3) is 0 Å². The van der Waals surface area contributed by atoms with Crippen molar-refractivity contribution in [1.82, 2.24) is 5.32 Å². The summed E-state index contributed by atoms with van der Waals surface area (Å²) in [6.07, 6.45) is -4.47. The van der Waals surface area contributed by atoms with Crippen LogP contribution in [0, 0.1) is 5.92 Å². The highest BCUT2D eigenvalue weighted by atomic mass is 19.4. The SMILES string of the molecule is CNCC1CCCC(F)(C(F)(F)F)C1. The van der Waals surface area contributed by atoms with E-state index in [-0.39, 0.29) is 12.3 Å². The number of rotatable bonds is 2. The van der Waals surface area contributed by atoms with Gasteiger partial charge >= 0.3 is 6.18 Å². The second-order valence-electron chi connectivity index (χ2n) is 3.98. The molecule has 1 saturated carbocycles. The van der Waals surface area contributed by atoms with Crippen molar-refractivity contribution in [3.63, 3.8) is 0 Å². The van der Waals surface area contributed by atoms with E-state index >= 15 is 0 Å². The minimum absolute atomic E-state index is 0.194. The van der Waals surface area contributed by atoms with Crippen molar-refractivity contribution in [3.05, 3.63) is 0 Å². The lowest BCUT2D eigenvalue weighted by Gasteiger charge is -2.35. The molecular formula is C9H15F4N. The molecule has 1 nitrogen and oxygen atoms in total. The van der Waals surface area contributed by atoms with Gasteiger partial charge in [-0.3, -0.25) is 0 Å². The van der Waals surface area contributed by atoms with Crippen LogP contribution >= 0.6 is 0 Å². The smallest absolute Gasteiger partial charge is 0.319 e. The molecule has 0 radical (unpaired) electrons. The summed E-state index contributed by atoms with van der Waals surface area (Å²) in [6.45, 7) is 0.460. The maximum atomic E-state index is 13.5. The Hall–Kier alpha value is -0.320. The van der Waals surface area contributed by atoms with Crippen molar-refractivity contribution in [3.8, 4) is 0 Å². The molecule has 14 heavy (non-hydrogen) atoms.